The zero-order valence-electron chi connectivity index (χ0n) is 11.8. The van der Waals surface area contributed by atoms with Crippen LogP contribution < -0.4 is 5.73 Å². The first-order chi connectivity index (χ1) is 8.55. The van der Waals surface area contributed by atoms with Crippen molar-refractivity contribution < 1.29 is 4.52 Å². The molecule has 2 N–H and O–H groups in total. The third-order valence-corrected chi connectivity index (χ3v) is 4.19. The molecule has 1 fully saturated rings. The van der Waals surface area contributed by atoms with E-state index >= 15 is 0 Å². The van der Waals surface area contributed by atoms with Gasteiger partial charge >= 0.3 is 0 Å². The lowest BCUT2D eigenvalue weighted by molar-refractivity contribution is 0.317. The van der Waals surface area contributed by atoms with Crippen molar-refractivity contribution in [3.63, 3.8) is 0 Å². The maximum Gasteiger partial charge on any atom is 0.229 e. The molecule has 0 saturated heterocycles. The number of rotatable bonds is 3. The zero-order valence-corrected chi connectivity index (χ0v) is 11.8. The first-order valence-corrected chi connectivity index (χ1v) is 7.18. The van der Waals surface area contributed by atoms with Gasteiger partial charge in [-0.2, -0.15) is 4.98 Å². The molecule has 0 radical (unpaired) electrons. The predicted octanol–water partition coefficient (Wildman–Crippen LogP) is 3.34. The van der Waals surface area contributed by atoms with Gasteiger partial charge in [-0.25, -0.2) is 0 Å². The number of nitrogens with two attached hydrogens (primary N) is 1. The summed E-state index contributed by atoms with van der Waals surface area (Å²) in [7, 11) is 0. The highest BCUT2D eigenvalue weighted by Gasteiger charge is 2.35. The molecule has 102 valence electrons. The molecule has 2 rings (SSSR count). The SMILES string of the molecule is CCC1CCCC(N)(c2noc(C(C)C)n2)CC1. The van der Waals surface area contributed by atoms with Crippen LogP contribution in [0.1, 0.15) is 76.9 Å². The van der Waals surface area contributed by atoms with E-state index in [-0.39, 0.29) is 11.5 Å². The molecule has 0 aliphatic heterocycles. The molecule has 0 bridgehead atoms. The van der Waals surface area contributed by atoms with E-state index in [4.69, 9.17) is 10.3 Å². The molecule has 1 heterocycles. The molecule has 0 amide bonds. The van der Waals surface area contributed by atoms with Gasteiger partial charge in [-0.3, -0.25) is 0 Å². The number of hydrogen-bond donors (Lipinski definition) is 1. The molecule has 0 aromatic carbocycles. The Hall–Kier alpha value is -0.900. The van der Waals surface area contributed by atoms with Gasteiger partial charge < -0.3 is 10.3 Å². The van der Waals surface area contributed by atoms with Crippen LogP contribution in [0.4, 0.5) is 0 Å². The first kappa shape index (κ1) is 13.5. The molecule has 1 aliphatic rings. The van der Waals surface area contributed by atoms with E-state index in [0.717, 1.165) is 18.8 Å². The van der Waals surface area contributed by atoms with Crippen LogP contribution in [0.25, 0.3) is 0 Å². The Kier molecular flexibility index (Phi) is 4.05. The number of hydrogen-bond acceptors (Lipinski definition) is 4. The third-order valence-electron chi connectivity index (χ3n) is 4.19. The van der Waals surface area contributed by atoms with E-state index in [0.29, 0.717) is 11.7 Å². The van der Waals surface area contributed by atoms with Gasteiger partial charge in [0, 0.05) is 5.92 Å². The van der Waals surface area contributed by atoms with Crippen LogP contribution >= 0.6 is 0 Å². The molecular weight excluding hydrogens is 226 g/mol. The summed E-state index contributed by atoms with van der Waals surface area (Å²) in [5, 5.41) is 4.11. The van der Waals surface area contributed by atoms with Gasteiger partial charge in [0.15, 0.2) is 5.82 Å². The number of aromatic nitrogens is 2. The van der Waals surface area contributed by atoms with Crippen molar-refractivity contribution in [3.05, 3.63) is 11.7 Å². The lowest BCUT2D eigenvalue weighted by atomic mass is 9.89. The molecular formula is C14H25N3O. The van der Waals surface area contributed by atoms with Crippen LogP contribution in [0.5, 0.6) is 0 Å². The summed E-state index contributed by atoms with van der Waals surface area (Å²) in [4.78, 5) is 4.49. The molecule has 1 aromatic heterocycles. The second kappa shape index (κ2) is 5.39. The molecule has 4 heteroatoms. The second-order valence-electron chi connectivity index (χ2n) is 5.97. The van der Waals surface area contributed by atoms with Crippen molar-refractivity contribution in [3.8, 4) is 0 Å². The van der Waals surface area contributed by atoms with Crippen molar-refractivity contribution >= 4 is 0 Å². The Morgan fingerprint density at radius 1 is 1.39 bits per heavy atom. The average Bonchev–Trinajstić information content (AvgIpc) is 2.76. The average molecular weight is 251 g/mol. The minimum Gasteiger partial charge on any atom is -0.339 e. The van der Waals surface area contributed by atoms with Crippen LogP contribution in [0, 0.1) is 5.92 Å². The van der Waals surface area contributed by atoms with Gasteiger partial charge in [0.25, 0.3) is 0 Å². The third kappa shape index (κ3) is 2.74. The fourth-order valence-corrected chi connectivity index (χ4v) is 2.74. The van der Waals surface area contributed by atoms with Crippen LogP contribution in [0.2, 0.25) is 0 Å². The summed E-state index contributed by atoms with van der Waals surface area (Å²) in [5.74, 6) is 2.49. The Morgan fingerprint density at radius 2 is 2.17 bits per heavy atom. The summed E-state index contributed by atoms with van der Waals surface area (Å²) in [6.45, 7) is 6.38. The van der Waals surface area contributed by atoms with Gasteiger partial charge in [0.05, 0.1) is 5.54 Å². The van der Waals surface area contributed by atoms with Crippen molar-refractivity contribution in [1.82, 2.24) is 10.1 Å². The van der Waals surface area contributed by atoms with Crippen molar-refractivity contribution in [2.75, 3.05) is 0 Å². The lowest BCUT2D eigenvalue weighted by Crippen LogP contribution is -2.37. The van der Waals surface area contributed by atoms with Gasteiger partial charge in [-0.15, -0.1) is 0 Å². The molecule has 2 unspecified atom stereocenters. The fraction of sp³-hybridized carbons (Fsp3) is 0.857. The Balaban J connectivity index is 2.14. The van der Waals surface area contributed by atoms with Crippen molar-refractivity contribution in [2.24, 2.45) is 11.7 Å². The van der Waals surface area contributed by atoms with E-state index < -0.39 is 0 Å². The van der Waals surface area contributed by atoms with E-state index in [1.807, 2.05) is 0 Å². The van der Waals surface area contributed by atoms with E-state index in [9.17, 15) is 0 Å². The molecule has 1 aliphatic carbocycles. The van der Waals surface area contributed by atoms with E-state index in [1.165, 1.54) is 25.7 Å². The smallest absolute Gasteiger partial charge is 0.229 e. The normalized spacial score (nSPS) is 29.5. The molecule has 0 spiro atoms. The van der Waals surface area contributed by atoms with Crippen LogP contribution in [-0.4, -0.2) is 10.1 Å². The molecule has 1 aromatic rings. The minimum atomic E-state index is -0.374. The topological polar surface area (TPSA) is 64.9 Å². The standard InChI is InChI=1S/C14H25N3O/c1-4-11-6-5-8-14(15,9-7-11)13-16-12(10(2)3)18-17-13/h10-11H,4-9,15H2,1-3H3. The Morgan fingerprint density at radius 3 is 2.78 bits per heavy atom. The highest BCUT2D eigenvalue weighted by molar-refractivity contribution is 5.06. The predicted molar refractivity (Wildman–Crippen MR) is 71.1 cm³/mol. The van der Waals surface area contributed by atoms with E-state index in [2.05, 4.69) is 30.9 Å². The summed E-state index contributed by atoms with van der Waals surface area (Å²) >= 11 is 0. The second-order valence-corrected chi connectivity index (χ2v) is 5.97. The molecule has 2 atom stereocenters. The zero-order chi connectivity index (χ0) is 13.2. The Labute approximate surface area is 109 Å². The van der Waals surface area contributed by atoms with Gasteiger partial charge in [-0.05, 0) is 25.2 Å². The maximum absolute atomic E-state index is 6.53. The van der Waals surface area contributed by atoms with Gasteiger partial charge in [0.1, 0.15) is 0 Å². The van der Waals surface area contributed by atoms with Crippen molar-refractivity contribution in [2.45, 2.75) is 70.8 Å². The Bertz CT molecular complexity index is 388. The maximum atomic E-state index is 6.53. The molecule has 4 nitrogen and oxygen atoms in total. The summed E-state index contributed by atoms with van der Waals surface area (Å²) in [6.07, 6.45) is 6.83. The largest absolute Gasteiger partial charge is 0.339 e. The van der Waals surface area contributed by atoms with Crippen LogP contribution in [-0.2, 0) is 5.54 Å². The number of nitrogens with zero attached hydrogens (tertiary/aromatic N) is 2. The quantitative estimate of drug-likeness (QED) is 0.837. The minimum absolute atomic E-state index is 0.268. The van der Waals surface area contributed by atoms with E-state index in [1.54, 1.807) is 0 Å². The highest BCUT2D eigenvalue weighted by Crippen LogP contribution is 2.35. The summed E-state index contributed by atoms with van der Waals surface area (Å²) in [5.41, 5.74) is 6.15. The molecule has 1 saturated carbocycles. The van der Waals surface area contributed by atoms with Gasteiger partial charge in [0.2, 0.25) is 5.89 Å². The van der Waals surface area contributed by atoms with Gasteiger partial charge in [-0.1, -0.05) is 45.2 Å². The lowest BCUT2D eigenvalue weighted by Gasteiger charge is -2.23. The summed E-state index contributed by atoms with van der Waals surface area (Å²) in [6, 6.07) is 0. The molecule has 18 heavy (non-hydrogen) atoms. The van der Waals surface area contributed by atoms with Crippen LogP contribution in [0.3, 0.4) is 0 Å². The monoisotopic (exact) mass is 251 g/mol. The highest BCUT2D eigenvalue weighted by atomic mass is 16.5. The van der Waals surface area contributed by atoms with Crippen molar-refractivity contribution in [1.29, 1.82) is 0 Å². The first-order valence-electron chi connectivity index (χ1n) is 7.18. The van der Waals surface area contributed by atoms with Crippen LogP contribution in [0.15, 0.2) is 4.52 Å². The fourth-order valence-electron chi connectivity index (χ4n) is 2.74. The summed E-state index contributed by atoms with van der Waals surface area (Å²) < 4.78 is 5.30.